The van der Waals surface area contributed by atoms with Crippen molar-refractivity contribution in [3.8, 4) is 6.07 Å². The minimum atomic E-state index is -0.478. The molecule has 0 spiro atoms. The zero-order chi connectivity index (χ0) is 17.9. The van der Waals surface area contributed by atoms with Crippen LogP contribution in [-0.2, 0) is 9.59 Å². The van der Waals surface area contributed by atoms with Crippen LogP contribution < -0.4 is 10.2 Å². The van der Waals surface area contributed by atoms with Crippen molar-refractivity contribution in [2.24, 2.45) is 0 Å². The van der Waals surface area contributed by atoms with Crippen molar-refractivity contribution >= 4 is 29.3 Å². The number of thioether (sulfide) groups is 1. The summed E-state index contributed by atoms with van der Waals surface area (Å²) in [4.78, 5) is 26.2. The molecule has 126 valence electrons. The van der Waals surface area contributed by atoms with E-state index in [-0.39, 0.29) is 16.7 Å². The summed E-state index contributed by atoms with van der Waals surface area (Å²) in [7, 11) is 1.47. The van der Waals surface area contributed by atoms with Crippen LogP contribution in [0.3, 0.4) is 0 Å². The maximum absolute atomic E-state index is 12.7. The lowest BCUT2D eigenvalue weighted by Gasteiger charge is -2.19. The number of carbonyl (C=O) groups excluding carboxylic acids is 2. The Morgan fingerprint density at radius 2 is 2.00 bits per heavy atom. The lowest BCUT2D eigenvalue weighted by atomic mass is 10.0. The molecule has 1 atom stereocenters. The van der Waals surface area contributed by atoms with Crippen LogP contribution in [0.2, 0.25) is 0 Å². The minimum Gasteiger partial charge on any atom is -0.354 e. The highest BCUT2D eigenvalue weighted by molar-refractivity contribution is 8.05. The highest BCUT2D eigenvalue weighted by Crippen LogP contribution is 2.41. The molecule has 0 bridgehead atoms. The van der Waals surface area contributed by atoms with Crippen LogP contribution in [0.5, 0.6) is 0 Å². The molecule has 1 aliphatic rings. The predicted molar refractivity (Wildman–Crippen MR) is 96.4 cm³/mol. The number of carbonyl (C=O) groups is 2. The first kappa shape index (κ1) is 18.1. The molecule has 0 aliphatic carbocycles. The highest BCUT2D eigenvalue weighted by atomic mass is 32.2. The summed E-state index contributed by atoms with van der Waals surface area (Å²) in [6.45, 7) is 6.12. The molecule has 6 heteroatoms. The third-order valence-electron chi connectivity index (χ3n) is 3.92. The van der Waals surface area contributed by atoms with Crippen LogP contribution in [-0.4, -0.2) is 24.1 Å². The summed E-state index contributed by atoms with van der Waals surface area (Å²) in [5.74, 6) is -0.179. The molecular formula is C18H21N3O2S. The molecule has 5 nitrogen and oxygen atoms in total. The maximum Gasteiger partial charge on any atom is 0.264 e. The molecule has 0 saturated carbocycles. The van der Waals surface area contributed by atoms with E-state index in [0.29, 0.717) is 23.1 Å². The molecule has 1 aromatic rings. The maximum atomic E-state index is 12.7. The lowest BCUT2D eigenvalue weighted by molar-refractivity contribution is -0.117. The van der Waals surface area contributed by atoms with E-state index < -0.39 is 5.91 Å². The molecule has 2 amide bonds. The van der Waals surface area contributed by atoms with Crippen molar-refractivity contribution in [2.45, 2.75) is 38.4 Å². The Balaban J connectivity index is 2.54. The average Bonchev–Trinajstić information content (AvgIpc) is 2.91. The zero-order valence-electron chi connectivity index (χ0n) is 14.3. The van der Waals surface area contributed by atoms with E-state index in [1.54, 1.807) is 0 Å². The average molecular weight is 343 g/mol. The first-order chi connectivity index (χ1) is 11.4. The quantitative estimate of drug-likeness (QED) is 0.673. The molecule has 1 aromatic carbocycles. The molecule has 0 aromatic heterocycles. The molecule has 0 radical (unpaired) electrons. The van der Waals surface area contributed by atoms with Gasteiger partial charge in [0.25, 0.3) is 5.91 Å². The Morgan fingerprint density at radius 3 is 2.46 bits per heavy atom. The van der Waals surface area contributed by atoms with Gasteiger partial charge in [0.1, 0.15) is 16.7 Å². The molecule has 24 heavy (non-hydrogen) atoms. The molecule has 2 rings (SSSR count). The molecule has 1 fully saturated rings. The minimum absolute atomic E-state index is 0.0280. The normalized spacial score (nSPS) is 19.4. The van der Waals surface area contributed by atoms with Crippen molar-refractivity contribution in [2.75, 3.05) is 11.9 Å². The van der Waals surface area contributed by atoms with Crippen LogP contribution in [0.15, 0.2) is 34.9 Å². The van der Waals surface area contributed by atoms with Crippen molar-refractivity contribution in [3.05, 3.63) is 40.4 Å². The second kappa shape index (κ2) is 7.54. The standard InChI is InChI=1S/C18H21N3O2S/c1-5-15-17(23)21(13-8-6-12(7-9-13)11(2)3)18(24-15)14(10-19)16(22)20-4/h6-9,11,15H,5H2,1-4H3,(H,20,22)/b18-14-. The van der Waals surface area contributed by atoms with Gasteiger partial charge in [0.2, 0.25) is 5.91 Å². The van der Waals surface area contributed by atoms with Gasteiger partial charge in [-0.2, -0.15) is 5.26 Å². The predicted octanol–water partition coefficient (Wildman–Crippen LogP) is 3.15. The fourth-order valence-corrected chi connectivity index (χ4v) is 3.68. The van der Waals surface area contributed by atoms with Crippen LogP contribution in [0.1, 0.15) is 38.7 Å². The Hall–Kier alpha value is -2.26. The number of nitrogens with zero attached hydrogens (tertiary/aromatic N) is 2. The van der Waals surface area contributed by atoms with E-state index in [2.05, 4.69) is 19.2 Å². The second-order valence-electron chi connectivity index (χ2n) is 5.81. The summed E-state index contributed by atoms with van der Waals surface area (Å²) in [6, 6.07) is 9.62. The van der Waals surface area contributed by atoms with Gasteiger partial charge in [0.15, 0.2) is 0 Å². The zero-order valence-corrected chi connectivity index (χ0v) is 15.1. The molecule has 1 heterocycles. The molecule has 1 saturated heterocycles. The van der Waals surface area contributed by atoms with Gasteiger partial charge in [0.05, 0.1) is 5.25 Å². The highest BCUT2D eigenvalue weighted by Gasteiger charge is 2.39. The van der Waals surface area contributed by atoms with Crippen molar-refractivity contribution < 1.29 is 9.59 Å². The summed E-state index contributed by atoms with van der Waals surface area (Å²) < 4.78 is 0. The second-order valence-corrected chi connectivity index (χ2v) is 7.00. The van der Waals surface area contributed by atoms with E-state index in [1.165, 1.54) is 29.3 Å². The number of hydrogen-bond donors (Lipinski definition) is 1. The van der Waals surface area contributed by atoms with E-state index in [9.17, 15) is 14.9 Å². The van der Waals surface area contributed by atoms with E-state index in [1.807, 2.05) is 37.3 Å². The lowest BCUT2D eigenvalue weighted by Crippen LogP contribution is -2.30. The summed E-state index contributed by atoms with van der Waals surface area (Å²) in [5.41, 5.74) is 1.82. The number of nitriles is 1. The monoisotopic (exact) mass is 343 g/mol. The fourth-order valence-electron chi connectivity index (χ4n) is 2.48. The molecule has 1 aliphatic heterocycles. The van der Waals surface area contributed by atoms with E-state index >= 15 is 0 Å². The van der Waals surface area contributed by atoms with Crippen molar-refractivity contribution in [3.63, 3.8) is 0 Å². The molecule has 1 unspecified atom stereocenters. The van der Waals surface area contributed by atoms with Gasteiger partial charge in [-0.3, -0.25) is 14.5 Å². The summed E-state index contributed by atoms with van der Waals surface area (Å²) >= 11 is 1.28. The van der Waals surface area contributed by atoms with Gasteiger partial charge >= 0.3 is 0 Å². The Labute approximate surface area is 146 Å². The number of likely N-dealkylation sites (N-methyl/N-ethyl adjacent to an activating group) is 1. The number of nitrogens with one attached hydrogen (secondary N) is 1. The number of hydrogen-bond acceptors (Lipinski definition) is 4. The van der Waals surface area contributed by atoms with Crippen molar-refractivity contribution in [1.29, 1.82) is 5.26 Å². The number of rotatable bonds is 4. The van der Waals surface area contributed by atoms with Crippen LogP contribution in [0, 0.1) is 11.3 Å². The Bertz CT molecular complexity index is 717. The van der Waals surface area contributed by atoms with Gasteiger partial charge in [-0.05, 0) is 30.0 Å². The van der Waals surface area contributed by atoms with Gasteiger partial charge in [-0.15, -0.1) is 0 Å². The topological polar surface area (TPSA) is 73.2 Å². The molecular weight excluding hydrogens is 322 g/mol. The van der Waals surface area contributed by atoms with Gasteiger partial charge in [-0.25, -0.2) is 0 Å². The summed E-state index contributed by atoms with van der Waals surface area (Å²) in [5, 5.41) is 12.0. The van der Waals surface area contributed by atoms with Crippen LogP contribution >= 0.6 is 11.8 Å². The van der Waals surface area contributed by atoms with Gasteiger partial charge in [-0.1, -0.05) is 44.7 Å². The first-order valence-electron chi connectivity index (χ1n) is 7.91. The van der Waals surface area contributed by atoms with Crippen LogP contribution in [0.4, 0.5) is 5.69 Å². The number of amides is 2. The SMILES string of the molecule is CCC1S/C(=C(/C#N)C(=O)NC)N(c2ccc(C(C)C)cc2)C1=O. The Kier molecular flexibility index (Phi) is 5.68. The Morgan fingerprint density at radius 1 is 1.38 bits per heavy atom. The third-order valence-corrected chi connectivity index (χ3v) is 5.35. The first-order valence-corrected chi connectivity index (χ1v) is 8.79. The van der Waals surface area contributed by atoms with E-state index in [4.69, 9.17) is 0 Å². The van der Waals surface area contributed by atoms with Crippen molar-refractivity contribution in [1.82, 2.24) is 5.32 Å². The summed E-state index contributed by atoms with van der Waals surface area (Å²) in [6.07, 6.45) is 0.639. The van der Waals surface area contributed by atoms with Gasteiger partial charge < -0.3 is 5.32 Å². The fraction of sp³-hybridized carbons (Fsp3) is 0.389. The third kappa shape index (κ3) is 3.31. The van der Waals surface area contributed by atoms with Gasteiger partial charge in [0, 0.05) is 12.7 Å². The largest absolute Gasteiger partial charge is 0.354 e. The number of anilines is 1. The van der Waals surface area contributed by atoms with Crippen LogP contribution in [0.25, 0.3) is 0 Å². The molecule has 1 N–H and O–H groups in total. The van der Waals surface area contributed by atoms with E-state index in [0.717, 1.165) is 0 Å². The number of benzene rings is 1. The smallest absolute Gasteiger partial charge is 0.264 e.